The fraction of sp³-hybridized carbons (Fsp3) is 0.818. The molecule has 1 N–H and O–H groups in total. The van der Waals surface area contributed by atoms with Crippen LogP contribution < -0.4 is 0 Å². The summed E-state index contributed by atoms with van der Waals surface area (Å²) in [6.45, 7) is 0.991. The molecule has 7 nitrogen and oxygen atoms in total. The van der Waals surface area contributed by atoms with Gasteiger partial charge < -0.3 is 10.0 Å². The largest absolute Gasteiger partial charge is 0.480 e. The second kappa shape index (κ2) is 6.85. The number of aromatic nitrogens is 4. The first-order valence-corrected chi connectivity index (χ1v) is 7.46. The summed E-state index contributed by atoms with van der Waals surface area (Å²) in [5, 5.41) is 20.4. The van der Waals surface area contributed by atoms with E-state index in [4.69, 9.17) is 5.11 Å². The van der Waals surface area contributed by atoms with E-state index in [-0.39, 0.29) is 6.54 Å². The number of likely N-dealkylation sites (tertiary alicyclic amines) is 1. The number of tetrazole rings is 1. The Morgan fingerprint density at radius 2 is 2.37 bits per heavy atom. The lowest BCUT2D eigenvalue weighted by Gasteiger charge is -2.32. The standard InChI is InChI=1S/C11H19N5O2S/c1-15-6-3-2-4-9(15)5-7-19-11-12-13-14-16(11)8-10(17)18/h9H,2-8H2,1H3,(H,17,18). The van der Waals surface area contributed by atoms with Gasteiger partial charge in [0.15, 0.2) is 0 Å². The van der Waals surface area contributed by atoms with E-state index < -0.39 is 5.97 Å². The second-order valence-electron chi connectivity index (χ2n) is 4.78. The SMILES string of the molecule is CN1CCCCC1CCSc1nnnn1CC(=O)O. The number of hydrogen-bond acceptors (Lipinski definition) is 6. The third kappa shape index (κ3) is 4.17. The number of rotatable bonds is 6. The molecule has 106 valence electrons. The van der Waals surface area contributed by atoms with Crippen molar-refractivity contribution in [1.82, 2.24) is 25.1 Å². The Labute approximate surface area is 116 Å². The summed E-state index contributed by atoms with van der Waals surface area (Å²) < 4.78 is 1.33. The van der Waals surface area contributed by atoms with Crippen LogP contribution in [0.1, 0.15) is 25.7 Å². The number of carboxylic acids is 1. The number of thioether (sulfide) groups is 1. The second-order valence-corrected chi connectivity index (χ2v) is 5.84. The Kier molecular flexibility index (Phi) is 5.15. The molecule has 2 heterocycles. The van der Waals surface area contributed by atoms with E-state index >= 15 is 0 Å². The summed E-state index contributed by atoms with van der Waals surface area (Å²) >= 11 is 1.53. The molecule has 1 saturated heterocycles. The van der Waals surface area contributed by atoms with Crippen LogP contribution in [0.3, 0.4) is 0 Å². The van der Waals surface area contributed by atoms with Gasteiger partial charge in [-0.3, -0.25) is 4.79 Å². The van der Waals surface area contributed by atoms with E-state index in [1.165, 1.54) is 42.3 Å². The molecule has 2 rings (SSSR count). The zero-order chi connectivity index (χ0) is 13.7. The molecule has 1 aliphatic rings. The molecule has 1 aromatic heterocycles. The van der Waals surface area contributed by atoms with Gasteiger partial charge in [-0.25, -0.2) is 4.68 Å². The van der Waals surface area contributed by atoms with Crippen LogP contribution in [0.4, 0.5) is 0 Å². The van der Waals surface area contributed by atoms with Crippen LogP contribution in [0.2, 0.25) is 0 Å². The Bertz CT molecular complexity index is 425. The summed E-state index contributed by atoms with van der Waals surface area (Å²) in [4.78, 5) is 13.1. The first-order valence-electron chi connectivity index (χ1n) is 6.48. The number of carbonyl (C=O) groups is 1. The third-order valence-corrected chi connectivity index (χ3v) is 4.38. The van der Waals surface area contributed by atoms with E-state index in [0.29, 0.717) is 11.2 Å². The number of hydrogen-bond donors (Lipinski definition) is 1. The predicted molar refractivity (Wildman–Crippen MR) is 71.1 cm³/mol. The van der Waals surface area contributed by atoms with E-state index in [1.54, 1.807) is 0 Å². The molecule has 1 unspecified atom stereocenters. The zero-order valence-electron chi connectivity index (χ0n) is 11.0. The first kappa shape index (κ1) is 14.3. The first-order chi connectivity index (χ1) is 9.16. The molecule has 0 aromatic carbocycles. The topological polar surface area (TPSA) is 84.1 Å². The van der Waals surface area contributed by atoms with E-state index in [0.717, 1.165) is 12.2 Å². The molecule has 1 aromatic rings. The van der Waals surface area contributed by atoms with Gasteiger partial charge in [-0.05, 0) is 43.3 Å². The van der Waals surface area contributed by atoms with Crippen LogP contribution in [0.5, 0.6) is 0 Å². The highest BCUT2D eigenvalue weighted by atomic mass is 32.2. The van der Waals surface area contributed by atoms with Crippen molar-refractivity contribution in [2.45, 2.75) is 43.4 Å². The molecule has 0 saturated carbocycles. The highest BCUT2D eigenvalue weighted by Gasteiger charge is 2.19. The maximum absolute atomic E-state index is 10.7. The fourth-order valence-electron chi connectivity index (χ4n) is 2.32. The van der Waals surface area contributed by atoms with Crippen molar-refractivity contribution in [3.05, 3.63) is 0 Å². The number of aliphatic carboxylic acids is 1. The minimum Gasteiger partial charge on any atom is -0.480 e. The maximum atomic E-state index is 10.7. The molecule has 0 spiro atoms. The number of piperidine rings is 1. The lowest BCUT2D eigenvalue weighted by molar-refractivity contribution is -0.138. The molecule has 19 heavy (non-hydrogen) atoms. The summed E-state index contributed by atoms with van der Waals surface area (Å²) in [5.74, 6) is -0.0178. The van der Waals surface area contributed by atoms with Gasteiger partial charge in [0.2, 0.25) is 5.16 Å². The van der Waals surface area contributed by atoms with Gasteiger partial charge in [-0.1, -0.05) is 18.2 Å². The lowest BCUT2D eigenvalue weighted by atomic mass is 10.0. The normalized spacial score (nSPS) is 20.6. The minimum atomic E-state index is -0.929. The number of carboxylic acid groups (broad SMARTS) is 1. The highest BCUT2D eigenvalue weighted by molar-refractivity contribution is 7.99. The van der Waals surface area contributed by atoms with Crippen LogP contribution in [0.25, 0.3) is 0 Å². The van der Waals surface area contributed by atoms with Gasteiger partial charge in [-0.2, -0.15) is 0 Å². The van der Waals surface area contributed by atoms with E-state index in [2.05, 4.69) is 27.5 Å². The Morgan fingerprint density at radius 1 is 1.53 bits per heavy atom. The summed E-state index contributed by atoms with van der Waals surface area (Å²) in [6, 6.07) is 0.630. The lowest BCUT2D eigenvalue weighted by Crippen LogP contribution is -2.36. The monoisotopic (exact) mass is 285 g/mol. The van der Waals surface area contributed by atoms with Crippen LogP contribution in [-0.2, 0) is 11.3 Å². The fourth-order valence-corrected chi connectivity index (χ4v) is 3.24. The van der Waals surface area contributed by atoms with Gasteiger partial charge in [0, 0.05) is 11.8 Å². The van der Waals surface area contributed by atoms with Crippen molar-refractivity contribution < 1.29 is 9.90 Å². The minimum absolute atomic E-state index is 0.182. The van der Waals surface area contributed by atoms with Gasteiger partial charge in [0.25, 0.3) is 0 Å². The maximum Gasteiger partial charge on any atom is 0.325 e. The molecule has 1 atom stereocenters. The highest BCUT2D eigenvalue weighted by Crippen LogP contribution is 2.22. The average molecular weight is 285 g/mol. The molecule has 0 aliphatic carbocycles. The zero-order valence-corrected chi connectivity index (χ0v) is 11.8. The van der Waals surface area contributed by atoms with Gasteiger partial charge in [0.05, 0.1) is 0 Å². The Morgan fingerprint density at radius 3 is 3.11 bits per heavy atom. The van der Waals surface area contributed by atoms with Gasteiger partial charge >= 0.3 is 5.97 Å². The van der Waals surface area contributed by atoms with E-state index in [1.807, 2.05) is 0 Å². The van der Waals surface area contributed by atoms with Crippen LogP contribution >= 0.6 is 11.8 Å². The Hall–Kier alpha value is -1.15. The van der Waals surface area contributed by atoms with Crippen LogP contribution in [-0.4, -0.2) is 61.6 Å². The van der Waals surface area contributed by atoms with Crippen LogP contribution in [0, 0.1) is 0 Å². The quantitative estimate of drug-likeness (QED) is 0.771. The molecule has 8 heteroatoms. The summed E-state index contributed by atoms with van der Waals surface area (Å²) in [7, 11) is 2.17. The smallest absolute Gasteiger partial charge is 0.325 e. The molecule has 1 aliphatic heterocycles. The van der Waals surface area contributed by atoms with Crippen molar-refractivity contribution in [1.29, 1.82) is 0 Å². The van der Waals surface area contributed by atoms with Crippen LogP contribution in [0.15, 0.2) is 5.16 Å². The van der Waals surface area contributed by atoms with Gasteiger partial charge in [0.1, 0.15) is 6.54 Å². The van der Waals surface area contributed by atoms with Crippen molar-refractivity contribution in [2.75, 3.05) is 19.3 Å². The van der Waals surface area contributed by atoms with E-state index in [9.17, 15) is 4.79 Å². The Balaban J connectivity index is 1.79. The van der Waals surface area contributed by atoms with Crippen molar-refractivity contribution in [2.24, 2.45) is 0 Å². The van der Waals surface area contributed by atoms with Crippen molar-refractivity contribution >= 4 is 17.7 Å². The molecule has 1 fully saturated rings. The molecule has 0 amide bonds. The van der Waals surface area contributed by atoms with Crippen molar-refractivity contribution in [3.8, 4) is 0 Å². The summed E-state index contributed by atoms with van der Waals surface area (Å²) in [5.41, 5.74) is 0. The average Bonchev–Trinajstić information content (AvgIpc) is 2.78. The number of nitrogens with zero attached hydrogens (tertiary/aromatic N) is 5. The third-order valence-electron chi connectivity index (χ3n) is 3.39. The van der Waals surface area contributed by atoms with Gasteiger partial charge in [-0.15, -0.1) is 5.10 Å². The summed E-state index contributed by atoms with van der Waals surface area (Å²) in [6.07, 6.45) is 4.92. The predicted octanol–water partition coefficient (Wildman–Crippen LogP) is 0.724. The molecular weight excluding hydrogens is 266 g/mol. The van der Waals surface area contributed by atoms with Crippen molar-refractivity contribution in [3.63, 3.8) is 0 Å². The molecular formula is C11H19N5O2S. The molecule has 0 bridgehead atoms. The molecule has 0 radical (unpaired) electrons.